The fourth-order valence-electron chi connectivity index (χ4n) is 2.10. The average molecular weight is 263 g/mol. The van der Waals surface area contributed by atoms with E-state index in [0.29, 0.717) is 31.6 Å². The monoisotopic (exact) mass is 263 g/mol. The van der Waals surface area contributed by atoms with Crippen molar-refractivity contribution in [2.75, 3.05) is 0 Å². The summed E-state index contributed by atoms with van der Waals surface area (Å²) in [5.74, 6) is -1.35. The zero-order valence-corrected chi connectivity index (χ0v) is 10.8. The third kappa shape index (κ3) is 3.12. The number of hydrogen-bond donors (Lipinski definition) is 2. The van der Waals surface area contributed by atoms with Gasteiger partial charge in [0.25, 0.3) is 5.91 Å². The van der Waals surface area contributed by atoms with Crippen LogP contribution in [0.3, 0.4) is 0 Å². The Labute approximate surface area is 111 Å². The largest absolute Gasteiger partial charge is 0.480 e. The van der Waals surface area contributed by atoms with Crippen molar-refractivity contribution in [3.63, 3.8) is 0 Å². The predicted octanol–water partition coefficient (Wildman–Crippen LogP) is 1.70. The first kappa shape index (κ1) is 13.5. The normalized spacial score (nSPS) is 14.8. The van der Waals surface area contributed by atoms with Crippen LogP contribution >= 0.6 is 0 Å². The maximum absolute atomic E-state index is 12.0. The van der Waals surface area contributed by atoms with E-state index in [-0.39, 0.29) is 5.91 Å². The minimum atomic E-state index is -1.00. The highest BCUT2D eigenvalue weighted by Crippen LogP contribution is 2.20. The van der Waals surface area contributed by atoms with E-state index in [9.17, 15) is 9.59 Å². The van der Waals surface area contributed by atoms with E-state index in [1.807, 2.05) is 13.0 Å². The summed E-state index contributed by atoms with van der Waals surface area (Å²) in [7, 11) is 0. The van der Waals surface area contributed by atoms with Crippen LogP contribution in [0, 0.1) is 0 Å². The SMILES string of the molecule is CCC[C@@H](NC(=O)c1ccc2c(c1)COC2)C(=O)O. The van der Waals surface area contributed by atoms with Crippen LogP contribution in [0.4, 0.5) is 0 Å². The van der Waals surface area contributed by atoms with Crippen LogP contribution in [0.2, 0.25) is 0 Å². The van der Waals surface area contributed by atoms with Crippen molar-refractivity contribution in [3.8, 4) is 0 Å². The lowest BCUT2D eigenvalue weighted by atomic mass is 10.1. The average Bonchev–Trinajstić information content (AvgIpc) is 2.85. The summed E-state index contributed by atoms with van der Waals surface area (Å²) in [6.45, 7) is 2.97. The minimum Gasteiger partial charge on any atom is -0.480 e. The van der Waals surface area contributed by atoms with E-state index < -0.39 is 12.0 Å². The molecule has 0 spiro atoms. The highest BCUT2D eigenvalue weighted by atomic mass is 16.5. The van der Waals surface area contributed by atoms with Crippen LogP contribution in [-0.2, 0) is 22.7 Å². The van der Waals surface area contributed by atoms with Gasteiger partial charge in [0.15, 0.2) is 0 Å². The Morgan fingerprint density at radius 3 is 2.79 bits per heavy atom. The number of rotatable bonds is 5. The molecule has 2 rings (SSSR count). The van der Waals surface area contributed by atoms with E-state index in [4.69, 9.17) is 9.84 Å². The zero-order valence-electron chi connectivity index (χ0n) is 10.8. The van der Waals surface area contributed by atoms with Gasteiger partial charge in [-0.05, 0) is 29.7 Å². The van der Waals surface area contributed by atoms with E-state index in [1.54, 1.807) is 12.1 Å². The minimum absolute atomic E-state index is 0.351. The molecule has 0 aliphatic carbocycles. The van der Waals surface area contributed by atoms with Crippen LogP contribution in [0.25, 0.3) is 0 Å². The highest BCUT2D eigenvalue weighted by Gasteiger charge is 2.20. The Balaban J connectivity index is 2.09. The molecule has 0 saturated carbocycles. The van der Waals surface area contributed by atoms with Gasteiger partial charge in [-0.3, -0.25) is 4.79 Å². The molecule has 2 N–H and O–H groups in total. The molecule has 0 unspecified atom stereocenters. The molecule has 102 valence electrons. The molecule has 1 aliphatic rings. The molecule has 0 radical (unpaired) electrons. The maximum Gasteiger partial charge on any atom is 0.326 e. The van der Waals surface area contributed by atoms with E-state index in [1.165, 1.54) is 0 Å². The number of aliphatic carboxylic acids is 1. The summed E-state index contributed by atoms with van der Waals surface area (Å²) in [4.78, 5) is 23.0. The van der Waals surface area contributed by atoms with Gasteiger partial charge in [-0.2, -0.15) is 0 Å². The van der Waals surface area contributed by atoms with E-state index in [0.717, 1.165) is 11.1 Å². The number of ether oxygens (including phenoxy) is 1. The smallest absolute Gasteiger partial charge is 0.326 e. The van der Waals surface area contributed by atoms with Crippen LogP contribution < -0.4 is 5.32 Å². The van der Waals surface area contributed by atoms with Gasteiger partial charge in [0.1, 0.15) is 6.04 Å². The van der Waals surface area contributed by atoms with Crippen molar-refractivity contribution in [3.05, 3.63) is 34.9 Å². The first-order chi connectivity index (χ1) is 9.11. The second kappa shape index (κ2) is 5.84. The van der Waals surface area contributed by atoms with Crippen LogP contribution in [0.15, 0.2) is 18.2 Å². The Morgan fingerprint density at radius 1 is 1.37 bits per heavy atom. The molecular weight excluding hydrogens is 246 g/mol. The molecule has 5 nitrogen and oxygen atoms in total. The standard InChI is InChI=1S/C14H17NO4/c1-2-3-12(14(17)18)15-13(16)9-4-5-10-7-19-8-11(10)6-9/h4-6,12H,2-3,7-8H2,1H3,(H,15,16)(H,17,18)/t12-/m1/s1. The van der Waals surface area contributed by atoms with Gasteiger partial charge in [-0.25, -0.2) is 4.79 Å². The second-order valence-electron chi connectivity index (χ2n) is 4.63. The van der Waals surface area contributed by atoms with Gasteiger partial charge in [0, 0.05) is 5.56 Å². The van der Waals surface area contributed by atoms with Gasteiger partial charge >= 0.3 is 5.97 Å². The first-order valence-corrected chi connectivity index (χ1v) is 6.35. The predicted molar refractivity (Wildman–Crippen MR) is 68.7 cm³/mol. The summed E-state index contributed by atoms with van der Waals surface area (Å²) in [5.41, 5.74) is 2.56. The number of carbonyl (C=O) groups excluding carboxylic acids is 1. The molecule has 0 fully saturated rings. The lowest BCUT2D eigenvalue weighted by Crippen LogP contribution is -2.40. The fourth-order valence-corrected chi connectivity index (χ4v) is 2.10. The molecule has 1 aliphatic heterocycles. The third-order valence-corrected chi connectivity index (χ3v) is 3.16. The van der Waals surface area contributed by atoms with Crippen molar-refractivity contribution in [1.82, 2.24) is 5.32 Å². The summed E-state index contributed by atoms with van der Waals surface area (Å²) < 4.78 is 5.28. The molecule has 1 aromatic carbocycles. The van der Waals surface area contributed by atoms with Crippen molar-refractivity contribution >= 4 is 11.9 Å². The molecule has 19 heavy (non-hydrogen) atoms. The molecule has 0 aromatic heterocycles. The van der Waals surface area contributed by atoms with Gasteiger partial charge in [0.2, 0.25) is 0 Å². The number of carbonyl (C=O) groups is 2. The number of nitrogens with one attached hydrogen (secondary N) is 1. The van der Waals surface area contributed by atoms with Crippen molar-refractivity contribution in [1.29, 1.82) is 0 Å². The quantitative estimate of drug-likeness (QED) is 0.847. The topological polar surface area (TPSA) is 75.6 Å². The molecule has 1 heterocycles. The summed E-state index contributed by atoms with van der Waals surface area (Å²) >= 11 is 0. The Hall–Kier alpha value is -1.88. The van der Waals surface area contributed by atoms with Gasteiger partial charge in [0.05, 0.1) is 13.2 Å². The molecule has 1 aromatic rings. The van der Waals surface area contributed by atoms with E-state index >= 15 is 0 Å². The van der Waals surface area contributed by atoms with Crippen molar-refractivity contribution in [2.45, 2.75) is 39.0 Å². The van der Waals surface area contributed by atoms with Gasteiger partial charge in [-0.1, -0.05) is 19.4 Å². The third-order valence-electron chi connectivity index (χ3n) is 3.16. The number of amides is 1. The number of carboxylic acids is 1. The van der Waals surface area contributed by atoms with Crippen molar-refractivity contribution < 1.29 is 19.4 Å². The molecule has 5 heteroatoms. The Morgan fingerprint density at radius 2 is 2.11 bits per heavy atom. The Bertz CT molecular complexity index is 498. The van der Waals surface area contributed by atoms with Crippen LogP contribution in [0.5, 0.6) is 0 Å². The number of carboxylic acid groups (broad SMARTS) is 1. The lowest BCUT2D eigenvalue weighted by Gasteiger charge is -2.13. The number of benzene rings is 1. The molecule has 1 amide bonds. The highest BCUT2D eigenvalue weighted by molar-refractivity contribution is 5.96. The summed E-state index contributed by atoms with van der Waals surface area (Å²) in [6.07, 6.45) is 1.13. The molecule has 1 atom stereocenters. The second-order valence-corrected chi connectivity index (χ2v) is 4.63. The first-order valence-electron chi connectivity index (χ1n) is 6.35. The zero-order chi connectivity index (χ0) is 13.8. The van der Waals surface area contributed by atoms with Gasteiger partial charge in [-0.15, -0.1) is 0 Å². The van der Waals surface area contributed by atoms with Crippen molar-refractivity contribution in [2.24, 2.45) is 0 Å². The lowest BCUT2D eigenvalue weighted by molar-refractivity contribution is -0.139. The summed E-state index contributed by atoms with van der Waals surface area (Å²) in [5, 5.41) is 11.6. The molecule has 0 bridgehead atoms. The van der Waals surface area contributed by atoms with E-state index in [2.05, 4.69) is 5.32 Å². The van der Waals surface area contributed by atoms with Gasteiger partial charge < -0.3 is 15.2 Å². The summed E-state index contributed by atoms with van der Waals surface area (Å²) in [6, 6.07) is 4.49. The number of hydrogen-bond acceptors (Lipinski definition) is 3. The Kier molecular flexibility index (Phi) is 4.16. The maximum atomic E-state index is 12.0. The van der Waals surface area contributed by atoms with Crippen LogP contribution in [0.1, 0.15) is 41.3 Å². The molecular formula is C14H17NO4. The fraction of sp³-hybridized carbons (Fsp3) is 0.429. The molecule has 0 saturated heterocycles. The number of fused-ring (bicyclic) bond motifs is 1. The van der Waals surface area contributed by atoms with Crippen LogP contribution in [-0.4, -0.2) is 23.0 Å².